The van der Waals surface area contributed by atoms with Crippen molar-refractivity contribution in [2.24, 2.45) is 0 Å². The van der Waals surface area contributed by atoms with Gasteiger partial charge in [-0.25, -0.2) is 13.1 Å². The van der Waals surface area contributed by atoms with E-state index in [1.807, 2.05) is 0 Å². The fourth-order valence-corrected chi connectivity index (χ4v) is 4.03. The Labute approximate surface area is 180 Å². The average Bonchev–Trinajstić information content (AvgIpc) is 3.30. The van der Waals surface area contributed by atoms with Gasteiger partial charge < -0.3 is 19.0 Å². The minimum Gasteiger partial charge on any atom is -0.495 e. The zero-order valence-corrected chi connectivity index (χ0v) is 18.4. The molecule has 0 aliphatic carbocycles. The number of methoxy groups -OCH3 is 1. The first kappa shape index (κ1) is 22.3. The first-order valence-corrected chi connectivity index (χ1v) is 10.8. The summed E-state index contributed by atoms with van der Waals surface area (Å²) in [6.45, 7) is 4.88. The number of ether oxygens (including phenoxy) is 1. The van der Waals surface area contributed by atoms with Gasteiger partial charge in [0.2, 0.25) is 15.9 Å². The molecule has 0 fully saturated rings. The number of carbonyl (C=O) groups is 1. The van der Waals surface area contributed by atoms with Crippen molar-refractivity contribution in [3.8, 4) is 5.75 Å². The van der Waals surface area contributed by atoms with Crippen molar-refractivity contribution in [2.75, 3.05) is 12.4 Å². The topological polar surface area (TPSA) is 124 Å². The minimum atomic E-state index is -3.88. The van der Waals surface area contributed by atoms with Gasteiger partial charge in [0, 0.05) is 6.92 Å². The third-order valence-electron chi connectivity index (χ3n) is 4.33. The maximum absolute atomic E-state index is 12.9. The standard InChI is InChI=1S/C21H23N3O6S/c1-13-5-8-17(29-13)12-22-31(26,27)20-11-16(6-9-18(20)28-4)7-10-19-21(23-15(3)25)14(2)24-30-19/h5-11,22H,12H2,1-4H3,(H,23,25)/b10-7-. The van der Waals surface area contributed by atoms with Gasteiger partial charge in [0.15, 0.2) is 5.76 Å². The van der Waals surface area contributed by atoms with Gasteiger partial charge in [-0.3, -0.25) is 4.79 Å². The van der Waals surface area contributed by atoms with Crippen LogP contribution in [0.3, 0.4) is 0 Å². The number of benzene rings is 1. The molecule has 31 heavy (non-hydrogen) atoms. The lowest BCUT2D eigenvalue weighted by Gasteiger charge is -2.11. The maximum atomic E-state index is 12.9. The highest BCUT2D eigenvalue weighted by atomic mass is 32.2. The van der Waals surface area contributed by atoms with Crippen LogP contribution in [0.2, 0.25) is 0 Å². The van der Waals surface area contributed by atoms with E-state index < -0.39 is 10.0 Å². The summed E-state index contributed by atoms with van der Waals surface area (Å²) >= 11 is 0. The zero-order chi connectivity index (χ0) is 22.6. The van der Waals surface area contributed by atoms with Crippen molar-refractivity contribution in [3.05, 3.63) is 58.9 Å². The van der Waals surface area contributed by atoms with E-state index in [4.69, 9.17) is 13.7 Å². The fourth-order valence-electron chi connectivity index (χ4n) is 2.83. The molecule has 3 aromatic rings. The average molecular weight is 445 g/mol. The predicted molar refractivity (Wildman–Crippen MR) is 115 cm³/mol. The third-order valence-corrected chi connectivity index (χ3v) is 5.75. The molecule has 164 valence electrons. The Morgan fingerprint density at radius 2 is 1.97 bits per heavy atom. The van der Waals surface area contributed by atoms with Crippen LogP contribution in [-0.2, 0) is 21.4 Å². The lowest BCUT2D eigenvalue weighted by Crippen LogP contribution is -2.23. The first-order chi connectivity index (χ1) is 14.7. The number of aromatic nitrogens is 1. The molecule has 1 amide bonds. The Morgan fingerprint density at radius 3 is 2.61 bits per heavy atom. The molecular weight excluding hydrogens is 422 g/mol. The van der Waals surface area contributed by atoms with Crippen molar-refractivity contribution in [1.82, 2.24) is 9.88 Å². The van der Waals surface area contributed by atoms with Crippen LogP contribution in [0.25, 0.3) is 12.2 Å². The number of hydrogen-bond donors (Lipinski definition) is 2. The molecule has 0 unspecified atom stereocenters. The Bertz CT molecular complexity index is 1220. The number of carbonyl (C=O) groups excluding carboxylic acids is 1. The molecule has 0 radical (unpaired) electrons. The molecule has 0 spiro atoms. The normalized spacial score (nSPS) is 11.7. The van der Waals surface area contributed by atoms with Crippen LogP contribution in [0.4, 0.5) is 5.69 Å². The number of nitrogens with zero attached hydrogens (tertiary/aromatic N) is 1. The van der Waals surface area contributed by atoms with E-state index in [2.05, 4.69) is 15.2 Å². The summed E-state index contributed by atoms with van der Waals surface area (Å²) in [6.07, 6.45) is 3.25. The number of rotatable bonds is 8. The third kappa shape index (κ3) is 5.41. The molecule has 0 saturated heterocycles. The molecule has 0 saturated carbocycles. The zero-order valence-electron chi connectivity index (χ0n) is 17.6. The van der Waals surface area contributed by atoms with Gasteiger partial charge in [-0.15, -0.1) is 0 Å². The Morgan fingerprint density at radius 1 is 1.19 bits per heavy atom. The van der Waals surface area contributed by atoms with Gasteiger partial charge in [0.25, 0.3) is 0 Å². The minimum absolute atomic E-state index is 0.0107. The van der Waals surface area contributed by atoms with Crippen molar-refractivity contribution in [2.45, 2.75) is 32.2 Å². The highest BCUT2D eigenvalue weighted by molar-refractivity contribution is 7.89. The second-order valence-corrected chi connectivity index (χ2v) is 8.50. The first-order valence-electron chi connectivity index (χ1n) is 9.34. The summed E-state index contributed by atoms with van der Waals surface area (Å²) in [4.78, 5) is 11.4. The molecule has 9 nitrogen and oxygen atoms in total. The van der Waals surface area contributed by atoms with Gasteiger partial charge >= 0.3 is 0 Å². The van der Waals surface area contributed by atoms with Crippen molar-refractivity contribution >= 4 is 33.8 Å². The molecular formula is C21H23N3O6S. The van der Waals surface area contributed by atoms with Gasteiger partial charge in [0.1, 0.15) is 33.5 Å². The smallest absolute Gasteiger partial charge is 0.244 e. The molecule has 0 bridgehead atoms. The molecule has 1 aromatic carbocycles. The molecule has 0 aliphatic heterocycles. The lowest BCUT2D eigenvalue weighted by atomic mass is 10.2. The van der Waals surface area contributed by atoms with Crippen LogP contribution in [0.1, 0.15) is 35.5 Å². The number of anilines is 1. The van der Waals surface area contributed by atoms with E-state index in [-0.39, 0.29) is 23.1 Å². The summed E-state index contributed by atoms with van der Waals surface area (Å²) in [6, 6.07) is 8.21. The Hall–Kier alpha value is -3.37. The molecule has 0 atom stereocenters. The molecule has 3 rings (SSSR count). The van der Waals surface area contributed by atoms with E-state index in [1.54, 1.807) is 50.3 Å². The Balaban J connectivity index is 1.87. The fraction of sp³-hybridized carbons (Fsp3) is 0.238. The van der Waals surface area contributed by atoms with E-state index in [1.165, 1.54) is 20.1 Å². The van der Waals surface area contributed by atoms with Gasteiger partial charge in [-0.2, -0.15) is 0 Å². The number of amides is 1. The van der Waals surface area contributed by atoms with Crippen molar-refractivity contribution in [3.63, 3.8) is 0 Å². The molecule has 2 aromatic heterocycles. The van der Waals surface area contributed by atoms with Crippen LogP contribution in [-0.4, -0.2) is 26.6 Å². The summed E-state index contributed by atoms with van der Waals surface area (Å²) in [5.41, 5.74) is 1.57. The molecule has 2 heterocycles. The van der Waals surface area contributed by atoms with Gasteiger partial charge in [-0.05, 0) is 49.8 Å². The van der Waals surface area contributed by atoms with Crippen LogP contribution in [0, 0.1) is 13.8 Å². The number of aryl methyl sites for hydroxylation is 2. The second kappa shape index (κ2) is 9.19. The monoisotopic (exact) mass is 445 g/mol. The Kier molecular flexibility index (Phi) is 6.62. The van der Waals surface area contributed by atoms with Gasteiger partial charge in [-0.1, -0.05) is 17.3 Å². The van der Waals surface area contributed by atoms with E-state index in [0.29, 0.717) is 34.2 Å². The highest BCUT2D eigenvalue weighted by Crippen LogP contribution is 2.27. The van der Waals surface area contributed by atoms with E-state index in [0.717, 1.165) is 0 Å². The van der Waals surface area contributed by atoms with Crippen LogP contribution in [0.15, 0.2) is 44.2 Å². The molecule has 0 aliphatic rings. The van der Waals surface area contributed by atoms with Crippen molar-refractivity contribution in [1.29, 1.82) is 0 Å². The SMILES string of the molecule is COc1ccc(/C=C\c2onc(C)c2NC(C)=O)cc1S(=O)(=O)NCc1ccc(C)o1. The number of sulfonamides is 1. The summed E-state index contributed by atoms with van der Waals surface area (Å²) in [7, 11) is -2.48. The predicted octanol–water partition coefficient (Wildman–Crippen LogP) is 3.50. The van der Waals surface area contributed by atoms with Crippen LogP contribution in [0.5, 0.6) is 5.75 Å². The largest absolute Gasteiger partial charge is 0.495 e. The quantitative estimate of drug-likeness (QED) is 0.544. The number of hydrogen-bond acceptors (Lipinski definition) is 7. The van der Waals surface area contributed by atoms with Crippen molar-refractivity contribution < 1.29 is 26.9 Å². The number of furan rings is 1. The molecule has 2 N–H and O–H groups in total. The number of nitrogens with one attached hydrogen (secondary N) is 2. The second-order valence-electron chi connectivity index (χ2n) is 6.77. The van der Waals surface area contributed by atoms with E-state index >= 15 is 0 Å². The lowest BCUT2D eigenvalue weighted by molar-refractivity contribution is -0.114. The van der Waals surface area contributed by atoms with Crippen LogP contribution < -0.4 is 14.8 Å². The van der Waals surface area contributed by atoms with Gasteiger partial charge in [0.05, 0.1) is 13.7 Å². The molecule has 10 heteroatoms. The highest BCUT2D eigenvalue weighted by Gasteiger charge is 2.20. The van der Waals surface area contributed by atoms with Crippen LogP contribution >= 0.6 is 0 Å². The summed E-state index contributed by atoms with van der Waals surface area (Å²) < 4.78 is 44.1. The maximum Gasteiger partial charge on any atom is 0.244 e. The summed E-state index contributed by atoms with van der Waals surface area (Å²) in [5, 5.41) is 6.51. The van der Waals surface area contributed by atoms with E-state index in [9.17, 15) is 13.2 Å². The summed E-state index contributed by atoms with van der Waals surface area (Å²) in [5.74, 6) is 1.49.